The van der Waals surface area contributed by atoms with Crippen LogP contribution in [0.3, 0.4) is 0 Å². The quantitative estimate of drug-likeness (QED) is 0.743. The highest BCUT2D eigenvalue weighted by atomic mass is 32.2. The van der Waals surface area contributed by atoms with Gasteiger partial charge in [0.15, 0.2) is 21.3 Å². The molecule has 1 aromatic heterocycles. The van der Waals surface area contributed by atoms with E-state index in [4.69, 9.17) is 5.73 Å². The van der Waals surface area contributed by atoms with Crippen LogP contribution in [0.1, 0.15) is 10.5 Å². The Kier molecular flexibility index (Phi) is 3.61. The third-order valence-electron chi connectivity index (χ3n) is 2.94. The summed E-state index contributed by atoms with van der Waals surface area (Å²) in [6, 6.07) is 3.04. The van der Waals surface area contributed by atoms with Crippen LogP contribution in [0.2, 0.25) is 0 Å². The molecule has 8 heteroatoms. The molecule has 104 valence electrons. The summed E-state index contributed by atoms with van der Waals surface area (Å²) in [4.78, 5) is 17.3. The van der Waals surface area contributed by atoms with Crippen molar-refractivity contribution in [1.29, 1.82) is 0 Å². The number of hydrogen-bond donors (Lipinski definition) is 1. The molecule has 0 spiro atoms. The second kappa shape index (κ2) is 5.04. The molecule has 0 aromatic carbocycles. The number of rotatable bonds is 2. The fraction of sp³-hybridized carbons (Fsp3) is 0.455. The molecule has 0 aliphatic carbocycles. The number of anilines is 2. The maximum Gasteiger partial charge on any atom is 0.356 e. The Balaban J connectivity index is 2.27. The van der Waals surface area contributed by atoms with Crippen molar-refractivity contribution in [2.45, 2.75) is 0 Å². The molecule has 1 fully saturated rings. The van der Waals surface area contributed by atoms with E-state index in [0.717, 1.165) is 0 Å². The Labute approximate surface area is 111 Å². The van der Waals surface area contributed by atoms with Gasteiger partial charge in [-0.2, -0.15) is 0 Å². The Hall–Kier alpha value is -1.83. The van der Waals surface area contributed by atoms with Gasteiger partial charge in [-0.3, -0.25) is 0 Å². The number of ether oxygens (including phenoxy) is 1. The average Bonchev–Trinajstić information content (AvgIpc) is 2.39. The number of hydrogen-bond acceptors (Lipinski definition) is 7. The summed E-state index contributed by atoms with van der Waals surface area (Å²) in [6.07, 6.45) is 0. The van der Waals surface area contributed by atoms with E-state index in [1.165, 1.54) is 13.2 Å². The van der Waals surface area contributed by atoms with Crippen LogP contribution < -0.4 is 10.6 Å². The molecule has 0 atom stereocenters. The predicted molar refractivity (Wildman–Crippen MR) is 70.9 cm³/mol. The molecule has 1 aromatic rings. The lowest BCUT2D eigenvalue weighted by molar-refractivity contribution is 0.0594. The van der Waals surface area contributed by atoms with E-state index in [-0.39, 0.29) is 17.2 Å². The Morgan fingerprint density at radius 3 is 2.58 bits per heavy atom. The van der Waals surface area contributed by atoms with Crippen molar-refractivity contribution < 1.29 is 17.9 Å². The monoisotopic (exact) mass is 285 g/mol. The summed E-state index contributed by atoms with van der Waals surface area (Å²) in [6.45, 7) is 0.647. The minimum atomic E-state index is -2.97. The van der Waals surface area contributed by atoms with E-state index in [0.29, 0.717) is 24.6 Å². The standard InChI is InChI=1S/C11H15N3O4S/c1-18-11(15)9-3-2-8(12)10(13-9)14-4-6-19(16,17)7-5-14/h2-3H,4-7,12H2,1H3. The maximum absolute atomic E-state index is 11.4. The SMILES string of the molecule is COC(=O)c1ccc(N)c(N2CCS(=O)(=O)CC2)n1. The summed E-state index contributed by atoms with van der Waals surface area (Å²) in [5.74, 6) is 0.0105. The van der Waals surface area contributed by atoms with Crippen LogP contribution in [0, 0.1) is 0 Å². The zero-order valence-electron chi connectivity index (χ0n) is 10.5. The fourth-order valence-corrected chi connectivity index (χ4v) is 3.06. The molecule has 1 saturated heterocycles. The molecule has 2 heterocycles. The largest absolute Gasteiger partial charge is 0.464 e. The van der Waals surface area contributed by atoms with Crippen molar-refractivity contribution in [3.05, 3.63) is 17.8 Å². The van der Waals surface area contributed by atoms with Crippen molar-refractivity contribution in [1.82, 2.24) is 4.98 Å². The van der Waals surface area contributed by atoms with Crippen LogP contribution in [-0.4, -0.2) is 51.1 Å². The Bertz CT molecular complexity index is 586. The van der Waals surface area contributed by atoms with E-state index in [9.17, 15) is 13.2 Å². The van der Waals surface area contributed by atoms with Crippen LogP contribution in [0.25, 0.3) is 0 Å². The minimum absolute atomic E-state index is 0.0660. The second-order valence-corrected chi connectivity index (χ2v) is 6.54. The van der Waals surface area contributed by atoms with E-state index < -0.39 is 15.8 Å². The topological polar surface area (TPSA) is 103 Å². The van der Waals surface area contributed by atoms with Gasteiger partial charge in [-0.15, -0.1) is 0 Å². The molecule has 0 amide bonds. The first-order chi connectivity index (χ1) is 8.93. The molecule has 1 aliphatic heterocycles. The first-order valence-corrected chi connectivity index (χ1v) is 7.55. The lowest BCUT2D eigenvalue weighted by Crippen LogP contribution is -2.41. The third kappa shape index (κ3) is 2.95. The number of esters is 1. The van der Waals surface area contributed by atoms with Crippen LogP contribution in [0.4, 0.5) is 11.5 Å². The van der Waals surface area contributed by atoms with E-state index >= 15 is 0 Å². The molecule has 2 rings (SSSR count). The molecule has 0 saturated carbocycles. The second-order valence-electron chi connectivity index (χ2n) is 4.24. The minimum Gasteiger partial charge on any atom is -0.464 e. The summed E-state index contributed by atoms with van der Waals surface area (Å²) in [7, 11) is -1.70. The van der Waals surface area contributed by atoms with Gasteiger partial charge in [-0.1, -0.05) is 0 Å². The molecular formula is C11H15N3O4S. The number of carbonyl (C=O) groups excluding carboxylic acids is 1. The van der Waals surface area contributed by atoms with Crippen molar-refractivity contribution >= 4 is 27.3 Å². The van der Waals surface area contributed by atoms with Gasteiger partial charge >= 0.3 is 5.97 Å². The highest BCUT2D eigenvalue weighted by molar-refractivity contribution is 7.91. The third-order valence-corrected chi connectivity index (χ3v) is 4.55. The Morgan fingerprint density at radius 2 is 2.00 bits per heavy atom. The number of sulfone groups is 1. The van der Waals surface area contributed by atoms with Crippen molar-refractivity contribution in [2.24, 2.45) is 0 Å². The first-order valence-electron chi connectivity index (χ1n) is 5.73. The van der Waals surface area contributed by atoms with Crippen LogP contribution in [0.5, 0.6) is 0 Å². The van der Waals surface area contributed by atoms with Gasteiger partial charge in [0.25, 0.3) is 0 Å². The molecule has 0 bridgehead atoms. The summed E-state index contributed by atoms with van der Waals surface area (Å²) >= 11 is 0. The van der Waals surface area contributed by atoms with Crippen molar-refractivity contribution in [3.63, 3.8) is 0 Å². The van der Waals surface area contributed by atoms with Gasteiger partial charge in [-0.05, 0) is 12.1 Å². The van der Waals surface area contributed by atoms with E-state index in [2.05, 4.69) is 9.72 Å². The van der Waals surface area contributed by atoms with E-state index in [1.807, 2.05) is 0 Å². The normalized spacial score (nSPS) is 18.1. The van der Waals surface area contributed by atoms with Gasteiger partial charge in [0, 0.05) is 13.1 Å². The highest BCUT2D eigenvalue weighted by Gasteiger charge is 2.24. The number of nitrogens with two attached hydrogens (primary N) is 1. The summed E-state index contributed by atoms with van der Waals surface area (Å²) in [5, 5.41) is 0. The fourth-order valence-electron chi connectivity index (χ4n) is 1.85. The maximum atomic E-state index is 11.4. The van der Waals surface area contributed by atoms with E-state index in [1.54, 1.807) is 11.0 Å². The van der Waals surface area contributed by atoms with Gasteiger partial charge < -0.3 is 15.4 Å². The zero-order chi connectivity index (χ0) is 14.0. The molecule has 7 nitrogen and oxygen atoms in total. The molecular weight excluding hydrogens is 270 g/mol. The molecule has 1 aliphatic rings. The first kappa shape index (κ1) is 13.6. The van der Waals surface area contributed by atoms with Crippen LogP contribution >= 0.6 is 0 Å². The van der Waals surface area contributed by atoms with Gasteiger partial charge in [0.1, 0.15) is 0 Å². The average molecular weight is 285 g/mol. The van der Waals surface area contributed by atoms with Gasteiger partial charge in [-0.25, -0.2) is 18.2 Å². The molecule has 2 N–H and O–H groups in total. The Morgan fingerprint density at radius 1 is 1.37 bits per heavy atom. The smallest absolute Gasteiger partial charge is 0.356 e. The van der Waals surface area contributed by atoms with Crippen LogP contribution in [0.15, 0.2) is 12.1 Å². The van der Waals surface area contributed by atoms with Crippen molar-refractivity contribution in [3.8, 4) is 0 Å². The lowest BCUT2D eigenvalue weighted by Gasteiger charge is -2.28. The molecule has 0 unspecified atom stereocenters. The van der Waals surface area contributed by atoms with Crippen molar-refractivity contribution in [2.75, 3.05) is 42.3 Å². The number of pyridine rings is 1. The number of aromatic nitrogens is 1. The number of nitrogen functional groups attached to an aromatic ring is 1. The number of methoxy groups -OCH3 is 1. The highest BCUT2D eigenvalue weighted by Crippen LogP contribution is 2.22. The van der Waals surface area contributed by atoms with Gasteiger partial charge in [0.2, 0.25) is 0 Å². The summed E-state index contributed by atoms with van der Waals surface area (Å²) < 4.78 is 27.4. The zero-order valence-corrected chi connectivity index (χ0v) is 11.3. The molecule has 19 heavy (non-hydrogen) atoms. The predicted octanol–water partition coefficient (Wildman–Crippen LogP) is -0.315. The van der Waals surface area contributed by atoms with Crippen LogP contribution in [-0.2, 0) is 14.6 Å². The van der Waals surface area contributed by atoms with Gasteiger partial charge in [0.05, 0.1) is 24.3 Å². The molecule has 0 radical (unpaired) electrons. The number of carbonyl (C=O) groups is 1. The lowest BCUT2D eigenvalue weighted by atomic mass is 10.3. The summed E-state index contributed by atoms with van der Waals surface area (Å²) in [5.41, 5.74) is 6.39. The number of nitrogens with zero attached hydrogens (tertiary/aromatic N) is 2.